The van der Waals surface area contributed by atoms with Gasteiger partial charge in [-0.25, -0.2) is 14.8 Å². The van der Waals surface area contributed by atoms with Crippen LogP contribution in [-0.2, 0) is 0 Å². The molecule has 0 aliphatic rings. The number of carboxylic acids is 1. The zero-order valence-corrected chi connectivity index (χ0v) is 18.0. The van der Waals surface area contributed by atoms with Crippen LogP contribution in [0, 0.1) is 6.92 Å². The summed E-state index contributed by atoms with van der Waals surface area (Å²) in [6.07, 6.45) is 3.94. The van der Waals surface area contributed by atoms with Gasteiger partial charge in [0.1, 0.15) is 17.1 Å². The van der Waals surface area contributed by atoms with E-state index in [9.17, 15) is 9.90 Å². The van der Waals surface area contributed by atoms with Crippen molar-refractivity contribution >= 4 is 17.1 Å². The van der Waals surface area contributed by atoms with Gasteiger partial charge in [0.2, 0.25) is 0 Å². The molecule has 2 aromatic heterocycles. The maximum Gasteiger partial charge on any atom is 0.339 e. The van der Waals surface area contributed by atoms with Gasteiger partial charge in [0, 0.05) is 11.8 Å². The highest BCUT2D eigenvalue weighted by Crippen LogP contribution is 2.28. The molecule has 2 heterocycles. The zero-order chi connectivity index (χ0) is 22.4. The number of aromatic nitrogens is 3. The quantitative estimate of drug-likeness (QED) is 0.374. The van der Waals surface area contributed by atoms with Crippen LogP contribution in [-0.4, -0.2) is 31.1 Å². The van der Waals surface area contributed by atoms with Crippen molar-refractivity contribution < 1.29 is 15.0 Å². The largest absolute Gasteiger partial charge is 0.507 e. The number of benzene rings is 2. The Morgan fingerprint density at radius 3 is 2.35 bits per heavy atom. The molecule has 0 spiro atoms. The van der Waals surface area contributed by atoms with Crippen LogP contribution >= 0.6 is 0 Å². The number of aromatic hydroxyl groups is 1. The molecule has 0 atom stereocenters. The highest BCUT2D eigenvalue weighted by molar-refractivity contribution is 5.92. The van der Waals surface area contributed by atoms with Crippen molar-refractivity contribution in [2.45, 2.75) is 39.5 Å². The summed E-state index contributed by atoms with van der Waals surface area (Å²) in [6.45, 7) is 6.39. The van der Waals surface area contributed by atoms with Crippen LogP contribution in [0.3, 0.4) is 0 Å². The third-order valence-electron chi connectivity index (χ3n) is 5.26. The average molecular weight is 418 g/mol. The van der Waals surface area contributed by atoms with E-state index in [4.69, 9.17) is 5.11 Å². The molecule has 0 aliphatic carbocycles. The molecular weight excluding hydrogens is 390 g/mol. The average Bonchev–Trinajstić information content (AvgIpc) is 3.19. The summed E-state index contributed by atoms with van der Waals surface area (Å²) in [5.74, 6) is -0.459. The Balaban J connectivity index is 0.000000330. The van der Waals surface area contributed by atoms with E-state index in [0.717, 1.165) is 18.4 Å². The number of aryl methyl sites for hydroxylation is 1. The molecule has 4 rings (SSSR count). The lowest BCUT2D eigenvalue weighted by molar-refractivity contribution is 0.0694. The van der Waals surface area contributed by atoms with Crippen molar-refractivity contribution in [1.29, 1.82) is 0 Å². The number of aromatic amines is 1. The van der Waals surface area contributed by atoms with E-state index in [0.29, 0.717) is 23.0 Å². The topological polar surface area (TPSA) is 99.1 Å². The number of rotatable bonds is 5. The van der Waals surface area contributed by atoms with Gasteiger partial charge in [-0.15, -0.1) is 0 Å². The molecule has 0 fully saturated rings. The SMILES string of the molecule is CCC(CC)c1cnc2nc(-c3ccc(O)c(C(=O)O)c3)[nH]c2c1.Cc1ccccc1. The molecular formula is C25H27N3O3. The van der Waals surface area contributed by atoms with Gasteiger partial charge in [0.05, 0.1) is 5.52 Å². The standard InChI is InChI=1S/C18H19N3O3.C7H8/c1-3-10(4-2)12-8-14-17(19-9-12)21-16(20-14)11-5-6-15(22)13(7-11)18(23)24;1-7-5-3-2-4-6-7/h5-10,22H,3-4H2,1-2H3,(H,23,24)(H,19,20,21);2-6H,1H3. The lowest BCUT2D eigenvalue weighted by Gasteiger charge is -2.11. The summed E-state index contributed by atoms with van der Waals surface area (Å²) in [4.78, 5) is 23.2. The molecule has 2 aromatic carbocycles. The van der Waals surface area contributed by atoms with Crippen molar-refractivity contribution in [2.24, 2.45) is 0 Å². The first-order valence-corrected chi connectivity index (χ1v) is 10.4. The number of carboxylic acid groups (broad SMARTS) is 1. The lowest BCUT2D eigenvalue weighted by atomic mass is 9.95. The third-order valence-corrected chi connectivity index (χ3v) is 5.26. The Bertz CT molecular complexity index is 1170. The lowest BCUT2D eigenvalue weighted by Crippen LogP contribution is -1.97. The van der Waals surface area contributed by atoms with Gasteiger partial charge in [-0.2, -0.15) is 0 Å². The van der Waals surface area contributed by atoms with E-state index in [1.807, 2.05) is 24.4 Å². The monoisotopic (exact) mass is 417 g/mol. The van der Waals surface area contributed by atoms with Crippen LogP contribution in [0.1, 0.15) is 54.1 Å². The number of hydrogen-bond acceptors (Lipinski definition) is 4. The van der Waals surface area contributed by atoms with Crippen LogP contribution in [0.25, 0.3) is 22.6 Å². The van der Waals surface area contributed by atoms with Crippen LogP contribution in [0.2, 0.25) is 0 Å². The number of pyridine rings is 1. The van der Waals surface area contributed by atoms with Gasteiger partial charge in [-0.3, -0.25) is 0 Å². The second-order valence-corrected chi connectivity index (χ2v) is 7.43. The Hall–Kier alpha value is -3.67. The van der Waals surface area contributed by atoms with Gasteiger partial charge in [0.25, 0.3) is 0 Å². The van der Waals surface area contributed by atoms with E-state index in [1.165, 1.54) is 23.3 Å². The fourth-order valence-electron chi connectivity index (χ4n) is 3.43. The van der Waals surface area contributed by atoms with E-state index >= 15 is 0 Å². The first kappa shape index (κ1) is 22.0. The zero-order valence-electron chi connectivity index (χ0n) is 18.0. The highest BCUT2D eigenvalue weighted by atomic mass is 16.4. The fourth-order valence-corrected chi connectivity index (χ4v) is 3.43. The maximum absolute atomic E-state index is 11.2. The predicted octanol–water partition coefficient (Wildman–Crippen LogP) is 5.93. The molecule has 4 aromatic rings. The number of phenols is 1. The Morgan fingerprint density at radius 1 is 1.06 bits per heavy atom. The smallest absolute Gasteiger partial charge is 0.339 e. The molecule has 0 saturated heterocycles. The molecule has 0 saturated carbocycles. The van der Waals surface area contributed by atoms with Crippen LogP contribution < -0.4 is 0 Å². The summed E-state index contributed by atoms with van der Waals surface area (Å²) in [7, 11) is 0. The summed E-state index contributed by atoms with van der Waals surface area (Å²) < 4.78 is 0. The highest BCUT2D eigenvalue weighted by Gasteiger charge is 2.15. The molecule has 31 heavy (non-hydrogen) atoms. The molecule has 0 radical (unpaired) electrons. The Kier molecular flexibility index (Phi) is 7.03. The first-order valence-electron chi connectivity index (χ1n) is 10.4. The maximum atomic E-state index is 11.2. The summed E-state index contributed by atoms with van der Waals surface area (Å²) in [5.41, 5.74) is 4.33. The summed E-state index contributed by atoms with van der Waals surface area (Å²) in [5, 5.41) is 18.7. The minimum atomic E-state index is -1.18. The van der Waals surface area contributed by atoms with Crippen LogP contribution in [0.15, 0.2) is 60.8 Å². The van der Waals surface area contributed by atoms with Gasteiger partial charge >= 0.3 is 5.97 Å². The molecule has 0 aliphatic heterocycles. The van der Waals surface area contributed by atoms with Gasteiger partial charge < -0.3 is 15.2 Å². The molecule has 0 amide bonds. The van der Waals surface area contributed by atoms with E-state index in [2.05, 4.69) is 53.9 Å². The van der Waals surface area contributed by atoms with Crippen LogP contribution in [0.4, 0.5) is 0 Å². The fraction of sp³-hybridized carbons (Fsp3) is 0.240. The first-order chi connectivity index (χ1) is 14.9. The van der Waals surface area contributed by atoms with Gasteiger partial charge in [-0.05, 0) is 55.5 Å². The summed E-state index contributed by atoms with van der Waals surface area (Å²) in [6, 6.07) is 16.7. The predicted molar refractivity (Wildman–Crippen MR) is 122 cm³/mol. The second kappa shape index (κ2) is 9.89. The van der Waals surface area contributed by atoms with Crippen molar-refractivity contribution in [3.05, 3.63) is 77.5 Å². The van der Waals surface area contributed by atoms with E-state index in [-0.39, 0.29) is 11.3 Å². The molecule has 0 unspecified atom stereocenters. The number of imidazole rings is 1. The molecule has 160 valence electrons. The van der Waals surface area contributed by atoms with E-state index in [1.54, 1.807) is 6.07 Å². The molecule has 3 N–H and O–H groups in total. The van der Waals surface area contributed by atoms with Crippen molar-refractivity contribution in [3.63, 3.8) is 0 Å². The van der Waals surface area contributed by atoms with Crippen LogP contribution in [0.5, 0.6) is 5.75 Å². The number of nitrogens with one attached hydrogen (secondary N) is 1. The number of hydrogen-bond donors (Lipinski definition) is 3. The molecule has 6 nitrogen and oxygen atoms in total. The number of nitrogens with zero attached hydrogens (tertiary/aromatic N) is 2. The summed E-state index contributed by atoms with van der Waals surface area (Å²) >= 11 is 0. The number of fused-ring (bicyclic) bond motifs is 1. The van der Waals surface area contributed by atoms with Crippen molar-refractivity contribution in [3.8, 4) is 17.1 Å². The molecule has 6 heteroatoms. The van der Waals surface area contributed by atoms with Gasteiger partial charge in [0.15, 0.2) is 5.65 Å². The normalized spacial score (nSPS) is 10.7. The second-order valence-electron chi connectivity index (χ2n) is 7.43. The number of aromatic carboxylic acids is 1. The number of H-pyrrole nitrogens is 1. The van der Waals surface area contributed by atoms with Crippen molar-refractivity contribution in [2.75, 3.05) is 0 Å². The minimum Gasteiger partial charge on any atom is -0.507 e. The minimum absolute atomic E-state index is 0.154. The van der Waals surface area contributed by atoms with Gasteiger partial charge in [-0.1, -0.05) is 49.7 Å². The van der Waals surface area contributed by atoms with Crippen molar-refractivity contribution in [1.82, 2.24) is 15.0 Å². The Morgan fingerprint density at radius 2 is 1.77 bits per heavy atom. The molecule has 0 bridgehead atoms. The Labute approximate surface area is 181 Å². The third kappa shape index (κ3) is 5.28. The van der Waals surface area contributed by atoms with E-state index < -0.39 is 5.97 Å². The number of carbonyl (C=O) groups is 1.